The molecule has 128 valence electrons. The fraction of sp³-hybridized carbons (Fsp3) is 0.444. The molecule has 1 fully saturated rings. The Balaban J connectivity index is 1.99. The van der Waals surface area contributed by atoms with Gasteiger partial charge < -0.3 is 19.2 Å². The maximum atomic E-state index is 13.0. The fourth-order valence-corrected chi connectivity index (χ4v) is 3.23. The number of benzene rings is 1. The molecule has 24 heavy (non-hydrogen) atoms. The van der Waals surface area contributed by atoms with Gasteiger partial charge >= 0.3 is 5.97 Å². The van der Waals surface area contributed by atoms with Gasteiger partial charge in [0.1, 0.15) is 12.1 Å². The highest BCUT2D eigenvalue weighted by Gasteiger charge is 2.31. The number of nitrogens with zero attached hydrogens (tertiary/aromatic N) is 1. The molecule has 3 rings (SSSR count). The van der Waals surface area contributed by atoms with Crippen molar-refractivity contribution in [3.63, 3.8) is 0 Å². The van der Waals surface area contributed by atoms with Gasteiger partial charge in [0, 0.05) is 30.2 Å². The number of ether oxygens (including phenoxy) is 1. The summed E-state index contributed by atoms with van der Waals surface area (Å²) in [5.74, 6) is -1.16. The van der Waals surface area contributed by atoms with Gasteiger partial charge in [0.05, 0.1) is 0 Å². The molecule has 2 aromatic rings. The van der Waals surface area contributed by atoms with Crippen molar-refractivity contribution in [2.75, 3.05) is 19.8 Å². The minimum atomic E-state index is -1.03. The van der Waals surface area contributed by atoms with Gasteiger partial charge in [-0.05, 0) is 32.3 Å². The van der Waals surface area contributed by atoms with Crippen molar-refractivity contribution in [1.29, 1.82) is 0 Å². The largest absolute Gasteiger partial charge is 0.480 e. The number of fused-ring (bicyclic) bond motifs is 1. The van der Waals surface area contributed by atoms with Crippen molar-refractivity contribution in [3.8, 4) is 0 Å². The van der Waals surface area contributed by atoms with E-state index in [9.17, 15) is 14.7 Å². The second-order valence-electron chi connectivity index (χ2n) is 6.18. The van der Waals surface area contributed by atoms with Crippen LogP contribution in [0.5, 0.6) is 0 Å². The van der Waals surface area contributed by atoms with Crippen molar-refractivity contribution < 1.29 is 23.8 Å². The van der Waals surface area contributed by atoms with Crippen LogP contribution in [0.1, 0.15) is 34.5 Å². The first-order valence-corrected chi connectivity index (χ1v) is 8.08. The summed E-state index contributed by atoms with van der Waals surface area (Å²) in [4.78, 5) is 25.7. The van der Waals surface area contributed by atoms with E-state index in [-0.39, 0.29) is 24.3 Å². The summed E-state index contributed by atoms with van der Waals surface area (Å²) >= 11 is 0. The number of carbonyl (C=O) groups is 2. The third-order valence-corrected chi connectivity index (χ3v) is 4.55. The van der Waals surface area contributed by atoms with Gasteiger partial charge in [-0.15, -0.1) is 0 Å². The van der Waals surface area contributed by atoms with Crippen LogP contribution in [0.4, 0.5) is 0 Å². The average molecular weight is 331 g/mol. The molecule has 1 amide bonds. The summed E-state index contributed by atoms with van der Waals surface area (Å²) in [6, 6.07) is 5.61. The van der Waals surface area contributed by atoms with Crippen LogP contribution >= 0.6 is 0 Å². The number of carboxylic acids is 1. The van der Waals surface area contributed by atoms with Crippen LogP contribution < -0.4 is 0 Å². The minimum absolute atomic E-state index is 0.143. The van der Waals surface area contributed by atoms with Gasteiger partial charge in [-0.1, -0.05) is 18.2 Å². The highest BCUT2D eigenvalue weighted by Crippen LogP contribution is 2.29. The number of carboxylic acid groups (broad SMARTS) is 1. The van der Waals surface area contributed by atoms with Crippen LogP contribution in [0.2, 0.25) is 0 Å². The quantitative estimate of drug-likeness (QED) is 0.932. The van der Waals surface area contributed by atoms with Crippen LogP contribution in [0, 0.1) is 13.8 Å². The fourth-order valence-electron chi connectivity index (χ4n) is 3.23. The Morgan fingerprint density at radius 3 is 2.58 bits per heavy atom. The number of aliphatic carboxylic acids is 1. The zero-order valence-corrected chi connectivity index (χ0v) is 13.9. The van der Waals surface area contributed by atoms with E-state index in [1.807, 2.05) is 32.0 Å². The first kappa shape index (κ1) is 16.5. The van der Waals surface area contributed by atoms with Crippen LogP contribution in [-0.4, -0.2) is 47.7 Å². The molecule has 1 aromatic carbocycles. The molecule has 0 spiro atoms. The molecule has 0 saturated carbocycles. The van der Waals surface area contributed by atoms with E-state index in [1.54, 1.807) is 0 Å². The van der Waals surface area contributed by atoms with E-state index in [1.165, 1.54) is 4.90 Å². The maximum Gasteiger partial charge on any atom is 0.323 e. The van der Waals surface area contributed by atoms with Crippen molar-refractivity contribution in [2.45, 2.75) is 32.7 Å². The molecule has 1 saturated heterocycles. The molecule has 0 atom stereocenters. The molecule has 0 unspecified atom stereocenters. The smallest absolute Gasteiger partial charge is 0.323 e. The Hall–Kier alpha value is -2.34. The van der Waals surface area contributed by atoms with Crippen LogP contribution in [0.25, 0.3) is 11.0 Å². The highest BCUT2D eigenvalue weighted by atomic mass is 16.5. The molecule has 1 aromatic heterocycles. The first-order valence-electron chi connectivity index (χ1n) is 8.08. The minimum Gasteiger partial charge on any atom is -0.480 e. The van der Waals surface area contributed by atoms with E-state index in [0.29, 0.717) is 31.6 Å². The standard InChI is InChI=1S/C18H21NO5/c1-11-4-3-5-14-12(2)17(24-16(11)14)18(22)19(10-15(20)21)13-6-8-23-9-7-13/h3-5,13H,6-10H2,1-2H3,(H,20,21). The second-order valence-corrected chi connectivity index (χ2v) is 6.18. The zero-order chi connectivity index (χ0) is 17.3. The summed E-state index contributed by atoms with van der Waals surface area (Å²) in [7, 11) is 0. The van der Waals surface area contributed by atoms with Crippen LogP contribution in [0.3, 0.4) is 0 Å². The van der Waals surface area contributed by atoms with Gasteiger partial charge in [0.2, 0.25) is 0 Å². The van der Waals surface area contributed by atoms with E-state index in [0.717, 1.165) is 16.5 Å². The SMILES string of the molecule is Cc1c(C(=O)N(CC(=O)O)C2CCOCC2)oc2c(C)cccc12. The molecule has 1 aliphatic heterocycles. The lowest BCUT2D eigenvalue weighted by Gasteiger charge is -2.32. The van der Waals surface area contributed by atoms with E-state index >= 15 is 0 Å². The maximum absolute atomic E-state index is 13.0. The number of aryl methyl sites for hydroxylation is 2. The lowest BCUT2D eigenvalue weighted by molar-refractivity contribution is -0.138. The van der Waals surface area contributed by atoms with Crippen molar-refractivity contribution in [2.24, 2.45) is 0 Å². The van der Waals surface area contributed by atoms with E-state index < -0.39 is 5.97 Å². The molecular weight excluding hydrogens is 310 g/mol. The lowest BCUT2D eigenvalue weighted by atomic mass is 10.1. The zero-order valence-electron chi connectivity index (χ0n) is 13.9. The number of carbonyl (C=O) groups excluding carboxylic acids is 1. The number of para-hydroxylation sites is 1. The molecular formula is C18H21NO5. The monoisotopic (exact) mass is 331 g/mol. The van der Waals surface area contributed by atoms with Gasteiger partial charge in [0.25, 0.3) is 5.91 Å². The molecule has 1 aliphatic rings. The van der Waals surface area contributed by atoms with Crippen LogP contribution in [-0.2, 0) is 9.53 Å². The summed E-state index contributed by atoms with van der Waals surface area (Å²) in [6.07, 6.45) is 1.27. The van der Waals surface area contributed by atoms with Crippen molar-refractivity contribution in [1.82, 2.24) is 4.90 Å². The van der Waals surface area contributed by atoms with Crippen molar-refractivity contribution in [3.05, 3.63) is 35.1 Å². The number of hydrogen-bond acceptors (Lipinski definition) is 4. The number of hydrogen-bond donors (Lipinski definition) is 1. The number of furan rings is 1. The number of amides is 1. The molecule has 6 nitrogen and oxygen atoms in total. The molecule has 1 N–H and O–H groups in total. The lowest BCUT2D eigenvalue weighted by Crippen LogP contribution is -2.46. The van der Waals surface area contributed by atoms with E-state index in [2.05, 4.69) is 0 Å². The Morgan fingerprint density at radius 2 is 1.96 bits per heavy atom. The summed E-state index contributed by atoms with van der Waals surface area (Å²) in [5, 5.41) is 10.1. The summed E-state index contributed by atoms with van der Waals surface area (Å²) < 4.78 is 11.1. The van der Waals surface area contributed by atoms with Gasteiger partial charge in [-0.3, -0.25) is 9.59 Å². The normalized spacial score (nSPS) is 15.6. The molecule has 0 aliphatic carbocycles. The second kappa shape index (κ2) is 6.65. The van der Waals surface area contributed by atoms with E-state index in [4.69, 9.17) is 9.15 Å². The Bertz CT molecular complexity index is 773. The molecule has 0 radical (unpaired) electrons. The average Bonchev–Trinajstić information content (AvgIpc) is 2.91. The van der Waals surface area contributed by atoms with Gasteiger partial charge in [0.15, 0.2) is 5.76 Å². The molecule has 2 heterocycles. The third-order valence-electron chi connectivity index (χ3n) is 4.55. The first-order chi connectivity index (χ1) is 11.5. The summed E-state index contributed by atoms with van der Waals surface area (Å²) in [5.41, 5.74) is 2.38. The predicted molar refractivity (Wildman–Crippen MR) is 88.2 cm³/mol. The molecule has 6 heteroatoms. The van der Waals surface area contributed by atoms with Crippen molar-refractivity contribution >= 4 is 22.8 Å². The molecule has 0 bridgehead atoms. The van der Waals surface area contributed by atoms with Gasteiger partial charge in [-0.2, -0.15) is 0 Å². The number of rotatable bonds is 4. The third kappa shape index (κ3) is 3.01. The predicted octanol–water partition coefficient (Wildman–Crippen LogP) is 2.76. The Kier molecular flexibility index (Phi) is 4.57. The van der Waals surface area contributed by atoms with Crippen LogP contribution in [0.15, 0.2) is 22.6 Å². The summed E-state index contributed by atoms with van der Waals surface area (Å²) in [6.45, 7) is 4.49. The highest BCUT2D eigenvalue weighted by molar-refractivity contribution is 6.00. The van der Waals surface area contributed by atoms with Gasteiger partial charge in [-0.25, -0.2) is 0 Å². The Labute approximate surface area is 140 Å². The Morgan fingerprint density at radius 1 is 1.25 bits per heavy atom. The topological polar surface area (TPSA) is 80.0 Å².